The Morgan fingerprint density at radius 3 is 2.58 bits per heavy atom. The van der Waals surface area contributed by atoms with Crippen LogP contribution >= 0.6 is 0 Å². The minimum absolute atomic E-state index is 0.0409. The lowest BCUT2D eigenvalue weighted by atomic mass is 10.1. The molecule has 4 rings (SSSR count). The van der Waals surface area contributed by atoms with Crippen molar-refractivity contribution in [3.63, 3.8) is 0 Å². The summed E-state index contributed by atoms with van der Waals surface area (Å²) in [6, 6.07) is 18.0. The second-order valence-electron chi connectivity index (χ2n) is 5.58. The van der Waals surface area contributed by atoms with Crippen molar-refractivity contribution in [2.75, 3.05) is 6.79 Å². The normalized spacial score (nSPS) is 12.3. The van der Waals surface area contributed by atoms with E-state index in [0.717, 1.165) is 11.1 Å². The first-order valence-electron chi connectivity index (χ1n) is 7.58. The fraction of sp³-hybridized carbons (Fsp3) is 0.105. The molecule has 0 saturated carbocycles. The van der Waals surface area contributed by atoms with E-state index in [9.17, 15) is 9.90 Å². The van der Waals surface area contributed by atoms with Crippen LogP contribution in [0.5, 0.6) is 17.2 Å². The van der Waals surface area contributed by atoms with Crippen LogP contribution in [0, 0.1) is 0 Å². The topological polar surface area (TPSA) is 60.7 Å². The summed E-state index contributed by atoms with van der Waals surface area (Å²) in [7, 11) is 0. The molecule has 0 atom stereocenters. The smallest absolute Gasteiger partial charge is 0.255 e. The Labute approximate surface area is 138 Å². The monoisotopic (exact) mass is 321 g/mol. The number of benzene rings is 2. The minimum atomic E-state index is -0.258. The van der Waals surface area contributed by atoms with Gasteiger partial charge in [-0.05, 0) is 23.3 Å². The molecule has 1 N–H and O–H groups in total. The van der Waals surface area contributed by atoms with Gasteiger partial charge in [-0.15, -0.1) is 0 Å². The third-order valence-corrected chi connectivity index (χ3v) is 3.96. The van der Waals surface area contributed by atoms with Crippen LogP contribution in [0.1, 0.15) is 5.56 Å². The molecule has 2 aromatic carbocycles. The van der Waals surface area contributed by atoms with Crippen LogP contribution in [0.3, 0.4) is 0 Å². The number of hydrogen-bond acceptors (Lipinski definition) is 4. The van der Waals surface area contributed by atoms with E-state index in [-0.39, 0.29) is 18.1 Å². The first-order chi connectivity index (χ1) is 11.7. The van der Waals surface area contributed by atoms with E-state index in [0.29, 0.717) is 23.7 Å². The van der Waals surface area contributed by atoms with E-state index in [1.54, 1.807) is 10.6 Å². The van der Waals surface area contributed by atoms with Crippen molar-refractivity contribution >= 4 is 0 Å². The zero-order chi connectivity index (χ0) is 16.5. The van der Waals surface area contributed by atoms with Crippen LogP contribution in [-0.4, -0.2) is 16.5 Å². The molecule has 0 radical (unpaired) electrons. The summed E-state index contributed by atoms with van der Waals surface area (Å²) < 4.78 is 12.3. The van der Waals surface area contributed by atoms with Gasteiger partial charge >= 0.3 is 0 Å². The van der Waals surface area contributed by atoms with Gasteiger partial charge in [0.25, 0.3) is 5.56 Å². The van der Waals surface area contributed by atoms with Gasteiger partial charge in [0.2, 0.25) is 6.79 Å². The second-order valence-corrected chi connectivity index (χ2v) is 5.58. The van der Waals surface area contributed by atoms with Gasteiger partial charge in [-0.25, -0.2) is 0 Å². The standard InChI is InChI=1S/C19H15NO4/c21-15-9-16(14-4-2-1-3-5-14)20(19(22)10-15)11-13-6-7-17-18(8-13)24-12-23-17/h1-10,21H,11-12H2. The molecule has 0 unspecified atom stereocenters. The summed E-state index contributed by atoms with van der Waals surface area (Å²) in [6.45, 7) is 0.590. The lowest BCUT2D eigenvalue weighted by molar-refractivity contribution is 0.174. The maximum atomic E-state index is 12.4. The Kier molecular flexibility index (Phi) is 3.46. The highest BCUT2D eigenvalue weighted by Crippen LogP contribution is 2.33. The Hall–Kier alpha value is -3.21. The molecular weight excluding hydrogens is 306 g/mol. The number of rotatable bonds is 3. The summed E-state index contributed by atoms with van der Waals surface area (Å²) >= 11 is 0. The molecule has 3 aromatic rings. The average Bonchev–Trinajstić information content (AvgIpc) is 3.05. The van der Waals surface area contributed by atoms with E-state index in [2.05, 4.69) is 0 Å². The van der Waals surface area contributed by atoms with Crippen LogP contribution in [0.25, 0.3) is 11.3 Å². The number of pyridine rings is 1. The maximum absolute atomic E-state index is 12.4. The molecule has 1 aliphatic rings. The zero-order valence-electron chi connectivity index (χ0n) is 12.8. The first kappa shape index (κ1) is 14.4. The first-order valence-corrected chi connectivity index (χ1v) is 7.58. The molecule has 5 heteroatoms. The summed E-state index contributed by atoms with van der Waals surface area (Å²) in [5.41, 5.74) is 2.19. The highest BCUT2D eigenvalue weighted by Gasteiger charge is 2.15. The summed E-state index contributed by atoms with van der Waals surface area (Å²) in [5.74, 6) is 1.35. The van der Waals surface area contributed by atoms with Gasteiger partial charge in [0.05, 0.1) is 12.2 Å². The Balaban J connectivity index is 1.79. The molecule has 0 aliphatic carbocycles. The van der Waals surface area contributed by atoms with Gasteiger partial charge in [0, 0.05) is 12.1 Å². The van der Waals surface area contributed by atoms with E-state index < -0.39 is 0 Å². The van der Waals surface area contributed by atoms with Crippen LogP contribution in [-0.2, 0) is 6.54 Å². The fourth-order valence-electron chi connectivity index (χ4n) is 2.82. The highest BCUT2D eigenvalue weighted by atomic mass is 16.7. The third-order valence-electron chi connectivity index (χ3n) is 3.96. The van der Waals surface area contributed by atoms with Crippen LogP contribution in [0.2, 0.25) is 0 Å². The largest absolute Gasteiger partial charge is 0.508 e. The molecule has 0 amide bonds. The van der Waals surface area contributed by atoms with E-state index in [4.69, 9.17) is 9.47 Å². The third kappa shape index (κ3) is 2.60. The van der Waals surface area contributed by atoms with Crippen molar-refractivity contribution in [2.45, 2.75) is 6.54 Å². The van der Waals surface area contributed by atoms with Crippen molar-refractivity contribution in [3.8, 4) is 28.5 Å². The summed E-state index contributed by atoms with van der Waals surface area (Å²) in [6.07, 6.45) is 0. The van der Waals surface area contributed by atoms with Crippen LogP contribution in [0.4, 0.5) is 0 Å². The van der Waals surface area contributed by atoms with E-state index in [1.165, 1.54) is 6.07 Å². The Morgan fingerprint density at radius 1 is 0.958 bits per heavy atom. The number of aromatic nitrogens is 1. The summed E-state index contributed by atoms with van der Waals surface area (Å²) in [5, 5.41) is 9.82. The minimum Gasteiger partial charge on any atom is -0.508 e. The predicted molar refractivity (Wildman–Crippen MR) is 89.5 cm³/mol. The Bertz CT molecular complexity index is 947. The SMILES string of the molecule is O=c1cc(O)cc(-c2ccccc2)n1Cc1ccc2c(c1)OCO2. The number of nitrogens with zero attached hydrogens (tertiary/aromatic N) is 1. The van der Waals surface area contributed by atoms with Crippen molar-refractivity contribution in [1.82, 2.24) is 4.57 Å². The molecule has 120 valence electrons. The quantitative estimate of drug-likeness (QED) is 0.805. The van der Waals surface area contributed by atoms with Crippen LogP contribution < -0.4 is 15.0 Å². The van der Waals surface area contributed by atoms with Crippen molar-refractivity contribution < 1.29 is 14.6 Å². The number of aromatic hydroxyl groups is 1. The molecule has 24 heavy (non-hydrogen) atoms. The van der Waals surface area contributed by atoms with E-state index in [1.807, 2.05) is 48.5 Å². The van der Waals surface area contributed by atoms with Crippen molar-refractivity contribution in [3.05, 3.63) is 76.6 Å². The molecule has 0 spiro atoms. The Morgan fingerprint density at radius 2 is 1.75 bits per heavy atom. The van der Waals surface area contributed by atoms with Crippen molar-refractivity contribution in [1.29, 1.82) is 0 Å². The fourth-order valence-corrected chi connectivity index (χ4v) is 2.82. The van der Waals surface area contributed by atoms with Gasteiger partial charge in [-0.1, -0.05) is 36.4 Å². The molecular formula is C19H15NO4. The molecule has 0 saturated heterocycles. The predicted octanol–water partition coefficient (Wildman–Crippen LogP) is 3.00. The van der Waals surface area contributed by atoms with Gasteiger partial charge in [-0.3, -0.25) is 4.79 Å². The number of fused-ring (bicyclic) bond motifs is 1. The second kappa shape index (κ2) is 5.77. The molecule has 1 aliphatic heterocycles. The average molecular weight is 321 g/mol. The van der Waals surface area contributed by atoms with E-state index >= 15 is 0 Å². The molecule has 2 heterocycles. The molecule has 1 aromatic heterocycles. The number of hydrogen-bond donors (Lipinski definition) is 1. The summed E-state index contributed by atoms with van der Waals surface area (Å²) in [4.78, 5) is 12.4. The van der Waals surface area contributed by atoms with Gasteiger partial charge in [-0.2, -0.15) is 0 Å². The molecule has 0 bridgehead atoms. The lowest BCUT2D eigenvalue weighted by Gasteiger charge is -2.14. The zero-order valence-corrected chi connectivity index (χ0v) is 12.8. The molecule has 5 nitrogen and oxygen atoms in total. The lowest BCUT2D eigenvalue weighted by Crippen LogP contribution is -2.21. The van der Waals surface area contributed by atoms with Gasteiger partial charge in [0.1, 0.15) is 5.75 Å². The highest BCUT2D eigenvalue weighted by molar-refractivity contribution is 5.61. The number of ether oxygens (including phenoxy) is 2. The molecule has 0 fully saturated rings. The van der Waals surface area contributed by atoms with Crippen LogP contribution in [0.15, 0.2) is 65.5 Å². The van der Waals surface area contributed by atoms with Crippen molar-refractivity contribution in [2.24, 2.45) is 0 Å². The maximum Gasteiger partial charge on any atom is 0.255 e. The van der Waals surface area contributed by atoms with Gasteiger partial charge in [0.15, 0.2) is 11.5 Å². The van der Waals surface area contributed by atoms with Gasteiger partial charge < -0.3 is 19.1 Å².